The zero-order valence-corrected chi connectivity index (χ0v) is 10.1. The van der Waals surface area contributed by atoms with E-state index in [9.17, 15) is 9.59 Å². The van der Waals surface area contributed by atoms with Crippen molar-refractivity contribution < 1.29 is 14.7 Å². The highest BCUT2D eigenvalue weighted by Gasteiger charge is 2.34. The number of carbonyl (C=O) groups excluding carboxylic acids is 1. The van der Waals surface area contributed by atoms with Crippen molar-refractivity contribution in [1.82, 2.24) is 9.80 Å². The topological polar surface area (TPSA) is 60.9 Å². The summed E-state index contributed by atoms with van der Waals surface area (Å²) in [4.78, 5) is 26.5. The minimum atomic E-state index is -0.848. The maximum atomic E-state index is 11.6. The Balaban J connectivity index is 1.75. The second-order valence-electron chi connectivity index (χ2n) is 4.98. The van der Waals surface area contributed by atoms with Gasteiger partial charge in [-0.25, -0.2) is 0 Å². The Morgan fingerprint density at radius 3 is 2.53 bits per heavy atom. The summed E-state index contributed by atoms with van der Waals surface area (Å²) < 4.78 is 0. The Labute approximate surface area is 101 Å². The molecule has 1 atom stereocenters. The highest BCUT2D eigenvalue weighted by molar-refractivity contribution is 5.86. The van der Waals surface area contributed by atoms with E-state index >= 15 is 0 Å². The maximum Gasteiger partial charge on any atom is 0.308 e. The standard InChI is InChI=1S/C12H20N2O3/c15-11-8-10(12(16)17)9-14(11)7-6-13-4-2-1-3-5-13/h10H,1-9H2,(H,16,17)/t10-/m0/s1. The van der Waals surface area contributed by atoms with Gasteiger partial charge in [0.1, 0.15) is 0 Å². The zero-order chi connectivity index (χ0) is 12.3. The summed E-state index contributed by atoms with van der Waals surface area (Å²) in [5.41, 5.74) is 0. The van der Waals surface area contributed by atoms with Crippen LogP contribution in [-0.2, 0) is 9.59 Å². The second-order valence-corrected chi connectivity index (χ2v) is 4.98. The van der Waals surface area contributed by atoms with Gasteiger partial charge in [0.25, 0.3) is 0 Å². The summed E-state index contributed by atoms with van der Waals surface area (Å²) in [5.74, 6) is -1.35. The molecule has 96 valence electrons. The summed E-state index contributed by atoms with van der Waals surface area (Å²) in [5, 5.41) is 8.88. The molecule has 2 heterocycles. The number of amides is 1. The minimum absolute atomic E-state index is 0.00518. The van der Waals surface area contributed by atoms with Crippen molar-refractivity contribution in [2.75, 3.05) is 32.7 Å². The second kappa shape index (κ2) is 5.49. The van der Waals surface area contributed by atoms with Crippen molar-refractivity contribution in [3.63, 3.8) is 0 Å². The highest BCUT2D eigenvalue weighted by atomic mass is 16.4. The molecule has 2 rings (SSSR count). The Hall–Kier alpha value is -1.10. The average molecular weight is 240 g/mol. The van der Waals surface area contributed by atoms with Crippen molar-refractivity contribution in [3.05, 3.63) is 0 Å². The number of nitrogens with zero attached hydrogens (tertiary/aromatic N) is 2. The first kappa shape index (κ1) is 12.4. The molecule has 5 heteroatoms. The van der Waals surface area contributed by atoms with Crippen LogP contribution in [-0.4, -0.2) is 59.5 Å². The Bertz CT molecular complexity index is 300. The summed E-state index contributed by atoms with van der Waals surface area (Å²) in [6.07, 6.45) is 3.97. The van der Waals surface area contributed by atoms with E-state index in [1.807, 2.05) is 0 Å². The Morgan fingerprint density at radius 2 is 1.94 bits per heavy atom. The first-order valence-electron chi connectivity index (χ1n) is 6.40. The third kappa shape index (κ3) is 3.19. The zero-order valence-electron chi connectivity index (χ0n) is 10.1. The molecule has 17 heavy (non-hydrogen) atoms. The number of hydrogen-bond acceptors (Lipinski definition) is 3. The van der Waals surface area contributed by atoms with Crippen LogP contribution in [0.4, 0.5) is 0 Å². The van der Waals surface area contributed by atoms with Crippen molar-refractivity contribution in [3.8, 4) is 0 Å². The van der Waals surface area contributed by atoms with Gasteiger partial charge in [-0.2, -0.15) is 0 Å². The van der Waals surface area contributed by atoms with Crippen LogP contribution in [0.15, 0.2) is 0 Å². The largest absolute Gasteiger partial charge is 0.481 e. The summed E-state index contributed by atoms with van der Waals surface area (Å²) in [7, 11) is 0. The van der Waals surface area contributed by atoms with Gasteiger partial charge in [0.2, 0.25) is 5.91 Å². The SMILES string of the molecule is O=C(O)[C@H]1CC(=O)N(CCN2CCCCC2)C1. The fourth-order valence-electron chi connectivity index (χ4n) is 2.60. The quantitative estimate of drug-likeness (QED) is 0.773. The molecule has 2 aliphatic rings. The van der Waals surface area contributed by atoms with Crippen LogP contribution in [0.3, 0.4) is 0 Å². The van der Waals surface area contributed by atoms with E-state index in [1.54, 1.807) is 4.90 Å². The van der Waals surface area contributed by atoms with E-state index < -0.39 is 11.9 Å². The molecule has 0 saturated carbocycles. The van der Waals surface area contributed by atoms with Crippen molar-refractivity contribution in [1.29, 1.82) is 0 Å². The first-order chi connectivity index (χ1) is 8.16. The van der Waals surface area contributed by atoms with Gasteiger partial charge in [0.05, 0.1) is 5.92 Å². The molecule has 2 saturated heterocycles. The van der Waals surface area contributed by atoms with Gasteiger partial charge < -0.3 is 14.9 Å². The van der Waals surface area contributed by atoms with Gasteiger partial charge in [0.15, 0.2) is 0 Å². The molecule has 0 aliphatic carbocycles. The number of rotatable bonds is 4. The van der Waals surface area contributed by atoms with Crippen molar-refractivity contribution >= 4 is 11.9 Å². The summed E-state index contributed by atoms with van der Waals surface area (Å²) in [6.45, 7) is 4.19. The molecule has 0 unspecified atom stereocenters. The van der Waals surface area contributed by atoms with Crippen LogP contribution < -0.4 is 0 Å². The van der Waals surface area contributed by atoms with Crippen LogP contribution in [0.1, 0.15) is 25.7 Å². The number of likely N-dealkylation sites (tertiary alicyclic amines) is 2. The molecule has 1 N–H and O–H groups in total. The van der Waals surface area contributed by atoms with E-state index in [-0.39, 0.29) is 12.3 Å². The van der Waals surface area contributed by atoms with Crippen LogP contribution >= 0.6 is 0 Å². The number of carbonyl (C=O) groups is 2. The number of aliphatic carboxylic acids is 1. The van der Waals surface area contributed by atoms with Crippen LogP contribution in [0.5, 0.6) is 0 Å². The number of carboxylic acid groups (broad SMARTS) is 1. The molecule has 5 nitrogen and oxygen atoms in total. The van der Waals surface area contributed by atoms with Crippen LogP contribution in [0.2, 0.25) is 0 Å². The minimum Gasteiger partial charge on any atom is -0.481 e. The molecule has 0 radical (unpaired) electrons. The maximum absolute atomic E-state index is 11.6. The Morgan fingerprint density at radius 1 is 1.24 bits per heavy atom. The average Bonchev–Trinajstić information content (AvgIpc) is 2.70. The van der Waals surface area contributed by atoms with Crippen LogP contribution in [0, 0.1) is 5.92 Å². The number of hydrogen-bond donors (Lipinski definition) is 1. The first-order valence-corrected chi connectivity index (χ1v) is 6.40. The molecule has 0 aromatic heterocycles. The van der Waals surface area contributed by atoms with E-state index in [1.165, 1.54) is 19.3 Å². The Kier molecular flexibility index (Phi) is 3.99. The van der Waals surface area contributed by atoms with Crippen molar-refractivity contribution in [2.24, 2.45) is 5.92 Å². The van der Waals surface area contributed by atoms with Crippen molar-refractivity contribution in [2.45, 2.75) is 25.7 Å². The monoisotopic (exact) mass is 240 g/mol. The smallest absolute Gasteiger partial charge is 0.308 e. The fraction of sp³-hybridized carbons (Fsp3) is 0.833. The van der Waals surface area contributed by atoms with Gasteiger partial charge in [-0.3, -0.25) is 9.59 Å². The highest BCUT2D eigenvalue weighted by Crippen LogP contribution is 2.18. The summed E-state index contributed by atoms with van der Waals surface area (Å²) in [6, 6.07) is 0. The molecular formula is C12H20N2O3. The predicted molar refractivity (Wildman–Crippen MR) is 62.6 cm³/mol. The van der Waals surface area contributed by atoms with Crippen LogP contribution in [0.25, 0.3) is 0 Å². The lowest BCUT2D eigenvalue weighted by molar-refractivity contribution is -0.141. The van der Waals surface area contributed by atoms with Gasteiger partial charge >= 0.3 is 5.97 Å². The third-order valence-corrected chi connectivity index (χ3v) is 3.70. The lowest BCUT2D eigenvalue weighted by atomic mass is 10.1. The van der Waals surface area contributed by atoms with E-state index in [0.717, 1.165) is 19.6 Å². The molecule has 0 spiro atoms. The summed E-state index contributed by atoms with van der Waals surface area (Å²) >= 11 is 0. The lowest BCUT2D eigenvalue weighted by Crippen LogP contribution is -2.38. The molecule has 0 aromatic rings. The molecular weight excluding hydrogens is 220 g/mol. The van der Waals surface area contributed by atoms with Gasteiger partial charge in [-0.1, -0.05) is 6.42 Å². The fourth-order valence-corrected chi connectivity index (χ4v) is 2.60. The lowest BCUT2D eigenvalue weighted by Gasteiger charge is -2.28. The molecule has 0 bridgehead atoms. The molecule has 2 fully saturated rings. The molecule has 1 amide bonds. The molecule has 0 aromatic carbocycles. The van der Waals surface area contributed by atoms with E-state index in [2.05, 4.69) is 4.90 Å². The molecule has 2 aliphatic heterocycles. The number of carboxylic acids is 1. The van der Waals surface area contributed by atoms with Gasteiger partial charge in [-0.05, 0) is 25.9 Å². The normalized spacial score (nSPS) is 26.5. The van der Waals surface area contributed by atoms with Gasteiger partial charge in [-0.15, -0.1) is 0 Å². The van der Waals surface area contributed by atoms with E-state index in [4.69, 9.17) is 5.11 Å². The van der Waals surface area contributed by atoms with Gasteiger partial charge in [0, 0.05) is 26.1 Å². The number of piperidine rings is 1. The predicted octanol–water partition coefficient (Wildman–Crippen LogP) is 0.405. The third-order valence-electron chi connectivity index (χ3n) is 3.70. The van der Waals surface area contributed by atoms with E-state index in [0.29, 0.717) is 13.1 Å².